The fourth-order valence-electron chi connectivity index (χ4n) is 1.51. The van der Waals surface area contributed by atoms with Gasteiger partial charge in [0.1, 0.15) is 0 Å². The highest BCUT2D eigenvalue weighted by Crippen LogP contribution is 2.17. The van der Waals surface area contributed by atoms with Crippen molar-refractivity contribution in [3.63, 3.8) is 0 Å². The number of thiazole rings is 1. The van der Waals surface area contributed by atoms with Gasteiger partial charge in [0.05, 0.1) is 10.7 Å². The molecule has 104 valence electrons. The summed E-state index contributed by atoms with van der Waals surface area (Å²) in [6, 6.07) is 0. The topological polar surface area (TPSA) is 63.3 Å². The van der Waals surface area contributed by atoms with Crippen molar-refractivity contribution in [3.8, 4) is 0 Å². The van der Waals surface area contributed by atoms with Crippen LogP contribution in [0.5, 0.6) is 0 Å². The third kappa shape index (κ3) is 6.53. The second-order valence-electron chi connectivity index (χ2n) is 5.13. The zero-order chi connectivity index (χ0) is 13.1. The van der Waals surface area contributed by atoms with E-state index in [2.05, 4.69) is 36.1 Å². The van der Waals surface area contributed by atoms with Crippen LogP contribution in [0.2, 0.25) is 0 Å². The van der Waals surface area contributed by atoms with E-state index in [1.54, 1.807) is 11.3 Å². The molecule has 0 saturated heterocycles. The fourth-order valence-corrected chi connectivity index (χ4v) is 2.43. The molecule has 3 N–H and O–H groups in total. The quantitative estimate of drug-likeness (QED) is 0.480. The lowest BCUT2D eigenvalue weighted by molar-refractivity contribution is 0.508. The summed E-state index contributed by atoms with van der Waals surface area (Å²) >= 11 is 1.74. The van der Waals surface area contributed by atoms with Crippen molar-refractivity contribution in [2.75, 3.05) is 6.54 Å². The maximum absolute atomic E-state index is 5.79. The molecular formula is C12H23IN4S. The molecule has 0 radical (unpaired) electrons. The molecule has 0 unspecified atom stereocenters. The molecule has 0 aliphatic heterocycles. The molecule has 0 aliphatic rings. The molecule has 0 aromatic carbocycles. The summed E-state index contributed by atoms with van der Waals surface area (Å²) in [6.45, 7) is 11.0. The van der Waals surface area contributed by atoms with Gasteiger partial charge in [-0.15, -0.1) is 35.3 Å². The molecule has 1 aromatic heterocycles. The lowest BCUT2D eigenvalue weighted by atomic mass is 10.1. The van der Waals surface area contributed by atoms with Gasteiger partial charge < -0.3 is 11.1 Å². The highest BCUT2D eigenvalue weighted by Gasteiger charge is 2.09. The molecule has 1 heterocycles. The third-order valence-corrected chi connectivity index (χ3v) is 3.26. The summed E-state index contributed by atoms with van der Waals surface area (Å²) in [5, 5.41) is 4.25. The number of hydrogen-bond acceptors (Lipinski definition) is 3. The monoisotopic (exact) mass is 382 g/mol. The van der Waals surface area contributed by atoms with Crippen LogP contribution in [0.3, 0.4) is 0 Å². The van der Waals surface area contributed by atoms with Gasteiger partial charge in [-0.05, 0) is 34.6 Å². The van der Waals surface area contributed by atoms with E-state index in [4.69, 9.17) is 5.73 Å². The molecular weight excluding hydrogens is 359 g/mol. The van der Waals surface area contributed by atoms with E-state index in [1.165, 1.54) is 4.88 Å². The van der Waals surface area contributed by atoms with Crippen molar-refractivity contribution >= 4 is 41.3 Å². The van der Waals surface area contributed by atoms with Crippen molar-refractivity contribution < 1.29 is 0 Å². The summed E-state index contributed by atoms with van der Waals surface area (Å²) in [7, 11) is 0. The van der Waals surface area contributed by atoms with Crippen LogP contribution in [0.1, 0.15) is 36.3 Å². The number of hydrogen-bond donors (Lipinski definition) is 2. The van der Waals surface area contributed by atoms with Crippen molar-refractivity contribution in [1.29, 1.82) is 0 Å². The van der Waals surface area contributed by atoms with E-state index >= 15 is 0 Å². The Morgan fingerprint density at radius 2 is 2.00 bits per heavy atom. The van der Waals surface area contributed by atoms with Gasteiger partial charge in [0.25, 0.3) is 0 Å². The predicted molar refractivity (Wildman–Crippen MR) is 90.1 cm³/mol. The zero-order valence-electron chi connectivity index (χ0n) is 11.7. The van der Waals surface area contributed by atoms with Gasteiger partial charge in [-0.2, -0.15) is 0 Å². The number of nitrogens with zero attached hydrogens (tertiary/aromatic N) is 2. The number of halogens is 1. The Hall–Kier alpha value is -0.370. The van der Waals surface area contributed by atoms with Gasteiger partial charge in [0.15, 0.2) is 5.96 Å². The van der Waals surface area contributed by atoms with Gasteiger partial charge in [-0.25, -0.2) is 4.98 Å². The van der Waals surface area contributed by atoms with E-state index in [-0.39, 0.29) is 29.5 Å². The molecule has 0 fully saturated rings. The first kappa shape index (κ1) is 17.6. The van der Waals surface area contributed by atoms with E-state index in [1.807, 2.05) is 13.8 Å². The molecule has 0 aliphatic carbocycles. The highest BCUT2D eigenvalue weighted by atomic mass is 127. The number of aliphatic imine (C=N–C) groups is 1. The van der Waals surface area contributed by atoms with Crippen LogP contribution in [0.15, 0.2) is 4.99 Å². The maximum Gasteiger partial charge on any atom is 0.188 e. The molecule has 18 heavy (non-hydrogen) atoms. The van der Waals surface area contributed by atoms with E-state index < -0.39 is 0 Å². The lowest BCUT2D eigenvalue weighted by Crippen LogP contribution is -2.45. The number of aryl methyl sites for hydroxylation is 2. The predicted octanol–water partition coefficient (Wildman–Crippen LogP) is 2.62. The minimum Gasteiger partial charge on any atom is -0.370 e. The SMILES string of the molecule is Cc1nc(C)c(CCN=C(N)NC(C)(C)C)s1.I. The molecule has 0 saturated carbocycles. The van der Waals surface area contributed by atoms with E-state index in [0.29, 0.717) is 12.5 Å². The highest BCUT2D eigenvalue weighted by molar-refractivity contribution is 14.0. The summed E-state index contributed by atoms with van der Waals surface area (Å²) in [5.41, 5.74) is 6.87. The molecule has 6 heteroatoms. The van der Waals surface area contributed by atoms with Crippen LogP contribution in [0.4, 0.5) is 0 Å². The largest absolute Gasteiger partial charge is 0.370 e. The zero-order valence-corrected chi connectivity index (χ0v) is 14.8. The molecule has 0 bridgehead atoms. The van der Waals surface area contributed by atoms with E-state index in [0.717, 1.165) is 17.1 Å². The van der Waals surface area contributed by atoms with Gasteiger partial charge >= 0.3 is 0 Å². The number of guanidine groups is 1. The number of nitrogens with two attached hydrogens (primary N) is 1. The molecule has 4 nitrogen and oxygen atoms in total. The van der Waals surface area contributed by atoms with Gasteiger partial charge in [-0.3, -0.25) is 4.99 Å². The molecule has 1 rings (SSSR count). The normalized spacial score (nSPS) is 12.2. The van der Waals surface area contributed by atoms with Crippen LogP contribution in [0.25, 0.3) is 0 Å². The second-order valence-corrected chi connectivity index (χ2v) is 6.42. The molecule has 0 amide bonds. The molecule has 0 atom stereocenters. The smallest absolute Gasteiger partial charge is 0.188 e. The van der Waals surface area contributed by atoms with Crippen molar-refractivity contribution in [3.05, 3.63) is 15.6 Å². The van der Waals surface area contributed by atoms with Gasteiger partial charge in [-0.1, -0.05) is 0 Å². The Bertz CT molecular complexity index is 407. The van der Waals surface area contributed by atoms with Crippen LogP contribution in [-0.2, 0) is 6.42 Å². The fraction of sp³-hybridized carbons (Fsp3) is 0.667. The molecule has 0 spiro atoms. The Balaban J connectivity index is 0.00000289. The summed E-state index contributed by atoms with van der Waals surface area (Å²) in [5.74, 6) is 0.511. The Morgan fingerprint density at radius 3 is 2.44 bits per heavy atom. The Morgan fingerprint density at radius 1 is 1.39 bits per heavy atom. The number of nitrogens with one attached hydrogen (secondary N) is 1. The van der Waals surface area contributed by atoms with Crippen molar-refractivity contribution in [2.24, 2.45) is 10.7 Å². The lowest BCUT2D eigenvalue weighted by Gasteiger charge is -2.20. The Labute approximate surface area is 131 Å². The average Bonchev–Trinajstić information content (AvgIpc) is 2.42. The second kappa shape index (κ2) is 7.28. The van der Waals surface area contributed by atoms with Crippen molar-refractivity contribution in [1.82, 2.24) is 10.3 Å². The average molecular weight is 382 g/mol. The minimum absolute atomic E-state index is 0. The summed E-state index contributed by atoms with van der Waals surface area (Å²) < 4.78 is 0. The first-order valence-corrected chi connectivity index (χ1v) is 6.60. The number of rotatable bonds is 3. The van der Waals surface area contributed by atoms with Crippen molar-refractivity contribution in [2.45, 2.75) is 46.6 Å². The first-order valence-electron chi connectivity index (χ1n) is 5.79. The minimum atomic E-state index is -0.0371. The third-order valence-electron chi connectivity index (χ3n) is 2.12. The maximum atomic E-state index is 5.79. The molecule has 1 aromatic rings. The van der Waals surface area contributed by atoms with E-state index in [9.17, 15) is 0 Å². The van der Waals surface area contributed by atoms with Crippen LogP contribution >= 0.6 is 35.3 Å². The van der Waals surface area contributed by atoms with Crippen LogP contribution in [-0.4, -0.2) is 23.0 Å². The van der Waals surface area contributed by atoms with Crippen LogP contribution in [0, 0.1) is 13.8 Å². The summed E-state index contributed by atoms with van der Waals surface area (Å²) in [4.78, 5) is 10.0. The van der Waals surface area contributed by atoms with Gasteiger partial charge in [0, 0.05) is 23.4 Å². The Kier molecular flexibility index (Phi) is 7.13. The number of aromatic nitrogens is 1. The summed E-state index contributed by atoms with van der Waals surface area (Å²) in [6.07, 6.45) is 0.907. The first-order chi connectivity index (χ1) is 7.78. The van der Waals surface area contributed by atoms with Gasteiger partial charge in [0.2, 0.25) is 0 Å². The standard InChI is InChI=1S/C12H22N4S.HI/c1-8-10(17-9(2)15-8)6-7-14-11(13)16-12(3,4)5;/h6-7H2,1-5H3,(H3,13,14,16);1H. The van der Waals surface area contributed by atoms with Crippen LogP contribution < -0.4 is 11.1 Å².